The Bertz CT molecular complexity index is 145. The van der Waals surface area contributed by atoms with Crippen molar-refractivity contribution >= 4 is 19.8 Å². The molecular formula is C18H41OSScSi. The van der Waals surface area contributed by atoms with Crippen LogP contribution in [-0.2, 0) is 30.6 Å². The van der Waals surface area contributed by atoms with Gasteiger partial charge in [-0.2, -0.15) is 0 Å². The fourth-order valence-corrected chi connectivity index (χ4v) is 1.39. The largest absolute Gasteiger partial charge is 3.00 e. The Morgan fingerprint density at radius 3 is 1.18 bits per heavy atom. The summed E-state index contributed by atoms with van der Waals surface area (Å²) in [6.45, 7) is 16.8. The molecule has 0 amide bonds. The molecule has 0 atom stereocenters. The van der Waals surface area contributed by atoms with Crippen LogP contribution >= 0.6 is 11.8 Å². The first kappa shape index (κ1) is 31.2. The molecule has 0 aromatic carbocycles. The zero-order chi connectivity index (χ0) is 15.9. The van der Waals surface area contributed by atoms with Crippen LogP contribution in [0.3, 0.4) is 0 Å². The molecule has 0 aromatic rings. The van der Waals surface area contributed by atoms with E-state index in [1.807, 2.05) is 0 Å². The molecule has 2 rings (SSSR count). The Hall–Kier alpha value is 1.40. The molecule has 0 spiro atoms. The number of hydrogen-bond donors (Lipinski definition) is 0. The first-order valence-electron chi connectivity index (χ1n) is 8.11. The average Bonchev–Trinajstić information content (AvgIpc) is 3.05. The van der Waals surface area contributed by atoms with Crippen molar-refractivity contribution in [2.75, 3.05) is 13.2 Å². The van der Waals surface area contributed by atoms with Crippen LogP contribution in [0.1, 0.15) is 58.8 Å². The normalized spacial score (nSPS) is 15.8. The van der Waals surface area contributed by atoms with E-state index in [4.69, 9.17) is 4.74 Å². The van der Waals surface area contributed by atoms with Crippen LogP contribution in [0.5, 0.6) is 0 Å². The zero-order valence-corrected chi connectivity index (χ0v) is 19.9. The van der Waals surface area contributed by atoms with Gasteiger partial charge in [-0.3, -0.25) is 6.26 Å². The summed E-state index contributed by atoms with van der Waals surface area (Å²) in [7, 11) is -0.861. The predicted octanol–water partition coefficient (Wildman–Crippen LogP) is 6.81. The average molecular weight is 379 g/mol. The first-order chi connectivity index (χ1) is 9.27. The maximum Gasteiger partial charge on any atom is 3.00 e. The Labute approximate surface area is 166 Å². The summed E-state index contributed by atoms with van der Waals surface area (Å²) in [5.41, 5.74) is 0. The second kappa shape index (κ2) is 22.4. The van der Waals surface area contributed by atoms with Gasteiger partial charge in [0.15, 0.2) is 0 Å². The van der Waals surface area contributed by atoms with Gasteiger partial charge < -0.3 is 30.5 Å². The first-order valence-corrected chi connectivity index (χ1v) is 12.9. The van der Waals surface area contributed by atoms with Gasteiger partial charge >= 0.3 is 25.8 Å². The van der Waals surface area contributed by atoms with Gasteiger partial charge in [-0.15, -0.1) is 8.07 Å². The molecule has 2 fully saturated rings. The zero-order valence-electron chi connectivity index (χ0n) is 16.2. The minimum Gasteiger partial charge on any atom is -0.381 e. The van der Waals surface area contributed by atoms with Crippen LogP contribution in [-0.4, -0.2) is 26.5 Å². The monoisotopic (exact) mass is 378 g/mol. The van der Waals surface area contributed by atoms with E-state index in [9.17, 15) is 0 Å². The van der Waals surface area contributed by atoms with E-state index < -0.39 is 8.07 Å². The Balaban J connectivity index is -0.0000000953. The van der Waals surface area contributed by atoms with Crippen molar-refractivity contribution in [3.05, 3.63) is 20.2 Å². The second-order valence-corrected chi connectivity index (χ2v) is 13.3. The molecule has 1 aliphatic carbocycles. The molecule has 0 unspecified atom stereocenters. The summed E-state index contributed by atoms with van der Waals surface area (Å²) in [5.74, 6) is 0. The van der Waals surface area contributed by atoms with Gasteiger partial charge in [0.05, 0.1) is 0 Å². The van der Waals surface area contributed by atoms with Crippen LogP contribution < -0.4 is 0 Å². The topological polar surface area (TPSA) is 9.23 Å². The van der Waals surface area contributed by atoms with Gasteiger partial charge in [0.1, 0.15) is 0 Å². The van der Waals surface area contributed by atoms with Crippen molar-refractivity contribution in [2.45, 2.75) is 83.7 Å². The van der Waals surface area contributed by atoms with Crippen LogP contribution in [0.25, 0.3) is 0 Å². The molecule has 1 saturated heterocycles. The quantitative estimate of drug-likeness (QED) is 0.366. The SMILES string of the molecule is C1CCCC1.C1CCOC1.[CH2-]SC(C)C.[CH2-][Si](C)(C)C.[CH3-].[Sc+3]. The molecule has 0 N–H and O–H groups in total. The molecule has 2 aliphatic rings. The van der Waals surface area contributed by atoms with E-state index in [1.54, 1.807) is 11.8 Å². The molecular weight excluding hydrogens is 337 g/mol. The molecule has 4 heteroatoms. The summed E-state index contributed by atoms with van der Waals surface area (Å²) in [6, 6.07) is 0. The van der Waals surface area contributed by atoms with E-state index in [2.05, 4.69) is 46.3 Å². The minimum atomic E-state index is -0.861. The van der Waals surface area contributed by atoms with Crippen molar-refractivity contribution in [1.29, 1.82) is 0 Å². The Morgan fingerprint density at radius 1 is 0.864 bits per heavy atom. The smallest absolute Gasteiger partial charge is 0.381 e. The Morgan fingerprint density at radius 2 is 1.09 bits per heavy atom. The predicted molar refractivity (Wildman–Crippen MR) is 106 cm³/mol. The van der Waals surface area contributed by atoms with Crippen LogP contribution in [0, 0.1) is 20.2 Å². The molecule has 1 heterocycles. The van der Waals surface area contributed by atoms with E-state index >= 15 is 0 Å². The molecule has 1 saturated carbocycles. The van der Waals surface area contributed by atoms with Crippen LogP contribution in [0.15, 0.2) is 0 Å². The third-order valence-electron chi connectivity index (χ3n) is 2.41. The van der Waals surface area contributed by atoms with Crippen LogP contribution in [0.2, 0.25) is 19.6 Å². The summed E-state index contributed by atoms with van der Waals surface area (Å²) >= 11 is 1.63. The Kier molecular flexibility index (Phi) is 31.8. The van der Waals surface area contributed by atoms with Gasteiger partial charge in [0.25, 0.3) is 0 Å². The summed E-state index contributed by atoms with van der Waals surface area (Å²) in [5, 5.41) is 0.690. The fourth-order valence-electron chi connectivity index (χ4n) is 1.39. The van der Waals surface area contributed by atoms with Crippen molar-refractivity contribution in [2.24, 2.45) is 0 Å². The van der Waals surface area contributed by atoms with Crippen molar-refractivity contribution in [3.8, 4) is 0 Å². The minimum absolute atomic E-state index is 0. The van der Waals surface area contributed by atoms with Crippen LogP contribution in [0.4, 0.5) is 0 Å². The van der Waals surface area contributed by atoms with Gasteiger partial charge in [0, 0.05) is 13.2 Å². The maximum atomic E-state index is 4.94. The van der Waals surface area contributed by atoms with E-state index in [0.29, 0.717) is 5.25 Å². The summed E-state index contributed by atoms with van der Waals surface area (Å²) < 4.78 is 4.94. The number of ether oxygens (including phenoxy) is 1. The van der Waals surface area contributed by atoms with E-state index in [0.717, 1.165) is 13.2 Å². The third-order valence-corrected chi connectivity index (χ3v) is 3.08. The molecule has 0 radical (unpaired) electrons. The van der Waals surface area contributed by atoms with E-state index in [-0.39, 0.29) is 33.3 Å². The van der Waals surface area contributed by atoms with Gasteiger partial charge in [-0.1, -0.05) is 65.6 Å². The van der Waals surface area contributed by atoms with Crippen molar-refractivity contribution < 1.29 is 30.6 Å². The molecule has 0 bridgehead atoms. The van der Waals surface area contributed by atoms with Crippen molar-refractivity contribution in [1.82, 2.24) is 0 Å². The molecule has 132 valence electrons. The fraction of sp³-hybridized carbons (Fsp3) is 0.833. The van der Waals surface area contributed by atoms with Gasteiger partial charge in [0.2, 0.25) is 0 Å². The molecule has 22 heavy (non-hydrogen) atoms. The van der Waals surface area contributed by atoms with Gasteiger partial charge in [-0.05, 0) is 18.1 Å². The van der Waals surface area contributed by atoms with E-state index in [1.165, 1.54) is 44.9 Å². The third kappa shape index (κ3) is 49.6. The molecule has 1 nitrogen and oxygen atoms in total. The second-order valence-electron chi connectivity index (χ2n) is 6.86. The molecule has 0 aromatic heterocycles. The number of rotatable bonds is 1. The number of hydrogen-bond acceptors (Lipinski definition) is 2. The summed E-state index contributed by atoms with van der Waals surface area (Å²) in [4.78, 5) is 0. The van der Waals surface area contributed by atoms with Crippen molar-refractivity contribution in [3.63, 3.8) is 0 Å². The molecule has 1 aliphatic heterocycles. The summed E-state index contributed by atoms with van der Waals surface area (Å²) in [6.07, 6.45) is 13.7. The maximum absolute atomic E-state index is 4.94. The standard InChI is InChI=1S/C5H10.C4H8O.C4H9S.C4H11Si.CH3.Sc/c2*1-2-4-5-3-1;1-4(2)5-3;1-5(2,3)4;;/h1-5H2;1-4H2;4H,3H2,1-2H3;1H2,2-4H3;1H3;/q;;3*-1;+3. The van der Waals surface area contributed by atoms with Gasteiger partial charge in [-0.25, -0.2) is 0 Å². The number of thioether (sulfide) groups is 1.